The molecule has 3 heterocycles. The molecule has 130 valence electrons. The van der Waals surface area contributed by atoms with Gasteiger partial charge in [-0.3, -0.25) is 4.90 Å². The number of imidazole rings is 1. The average Bonchev–Trinajstić information content (AvgIpc) is 3.00. The Bertz CT molecular complexity index is 881. The number of fused-ring (bicyclic) bond motifs is 1. The number of methoxy groups -OCH3 is 1. The molecule has 0 unspecified atom stereocenters. The van der Waals surface area contributed by atoms with Crippen LogP contribution in [0.4, 0.5) is 0 Å². The number of aromatic nitrogens is 2. The minimum Gasteiger partial charge on any atom is -0.497 e. The smallest absolute Gasteiger partial charge is 0.137 e. The molecule has 0 saturated carbocycles. The molecule has 5 heteroatoms. The summed E-state index contributed by atoms with van der Waals surface area (Å²) < 4.78 is 7.63. The summed E-state index contributed by atoms with van der Waals surface area (Å²) in [6, 6.07) is 12.5. The molecule has 1 aliphatic heterocycles. The molecule has 0 amide bonds. The van der Waals surface area contributed by atoms with Crippen molar-refractivity contribution in [2.75, 3.05) is 33.3 Å². The molecule has 1 N–H and O–H groups in total. The van der Waals surface area contributed by atoms with Crippen LogP contribution >= 0.6 is 0 Å². The highest BCUT2D eigenvalue weighted by Crippen LogP contribution is 2.28. The molecular weight excluding hydrogens is 312 g/mol. The van der Waals surface area contributed by atoms with Crippen LogP contribution in [0.2, 0.25) is 0 Å². The fourth-order valence-corrected chi connectivity index (χ4v) is 3.43. The molecule has 3 aromatic rings. The number of hydrogen-bond acceptors (Lipinski definition) is 4. The zero-order chi connectivity index (χ0) is 17.2. The van der Waals surface area contributed by atoms with E-state index in [4.69, 9.17) is 9.72 Å². The van der Waals surface area contributed by atoms with Gasteiger partial charge in [-0.25, -0.2) is 4.98 Å². The van der Waals surface area contributed by atoms with Gasteiger partial charge in [-0.1, -0.05) is 12.1 Å². The van der Waals surface area contributed by atoms with Crippen LogP contribution in [0.15, 0.2) is 42.6 Å². The Kier molecular flexibility index (Phi) is 4.42. The van der Waals surface area contributed by atoms with Crippen molar-refractivity contribution in [2.24, 2.45) is 0 Å². The van der Waals surface area contributed by atoms with Crippen molar-refractivity contribution in [3.05, 3.63) is 53.9 Å². The minimum atomic E-state index is 0.860. The molecule has 5 nitrogen and oxygen atoms in total. The van der Waals surface area contributed by atoms with Crippen LogP contribution in [0.25, 0.3) is 16.9 Å². The summed E-state index contributed by atoms with van der Waals surface area (Å²) in [6.45, 7) is 7.23. The number of pyridine rings is 1. The Labute approximate surface area is 148 Å². The summed E-state index contributed by atoms with van der Waals surface area (Å²) in [6.07, 6.45) is 2.14. The van der Waals surface area contributed by atoms with Gasteiger partial charge in [0.1, 0.15) is 11.4 Å². The zero-order valence-corrected chi connectivity index (χ0v) is 14.8. The standard InChI is InChI=1S/C20H24N4O/c1-15-6-9-24-18(14-23-10-7-21-8-11-23)20(22-19(24)12-15)16-4-3-5-17(13-16)25-2/h3-6,9,12-13,21H,7-8,10-11,14H2,1-2H3. The second kappa shape index (κ2) is 6.86. The first-order valence-electron chi connectivity index (χ1n) is 8.80. The second-order valence-electron chi connectivity index (χ2n) is 6.60. The maximum Gasteiger partial charge on any atom is 0.137 e. The van der Waals surface area contributed by atoms with Gasteiger partial charge in [-0.05, 0) is 36.8 Å². The first kappa shape index (κ1) is 16.1. The number of nitrogens with zero attached hydrogens (tertiary/aromatic N) is 3. The molecule has 0 bridgehead atoms. The average molecular weight is 336 g/mol. The highest BCUT2D eigenvalue weighted by atomic mass is 16.5. The zero-order valence-electron chi connectivity index (χ0n) is 14.8. The molecule has 4 rings (SSSR count). The molecule has 1 fully saturated rings. The fraction of sp³-hybridized carbons (Fsp3) is 0.350. The molecule has 1 aliphatic rings. The first-order valence-corrected chi connectivity index (χ1v) is 8.80. The van der Waals surface area contributed by atoms with Crippen molar-refractivity contribution in [1.82, 2.24) is 19.6 Å². The van der Waals surface area contributed by atoms with E-state index < -0.39 is 0 Å². The van der Waals surface area contributed by atoms with Gasteiger partial charge >= 0.3 is 0 Å². The first-order chi connectivity index (χ1) is 12.2. The van der Waals surface area contributed by atoms with Crippen LogP contribution in [0.1, 0.15) is 11.3 Å². The molecule has 1 aromatic carbocycles. The van der Waals surface area contributed by atoms with Crippen LogP contribution in [0.3, 0.4) is 0 Å². The summed E-state index contributed by atoms with van der Waals surface area (Å²) in [4.78, 5) is 7.44. The number of piperazine rings is 1. The van der Waals surface area contributed by atoms with Crippen molar-refractivity contribution in [3.8, 4) is 17.0 Å². The van der Waals surface area contributed by atoms with Crippen molar-refractivity contribution in [2.45, 2.75) is 13.5 Å². The Morgan fingerprint density at radius 3 is 2.80 bits per heavy atom. The fourth-order valence-electron chi connectivity index (χ4n) is 3.43. The van der Waals surface area contributed by atoms with Crippen LogP contribution < -0.4 is 10.1 Å². The number of rotatable bonds is 4. The lowest BCUT2D eigenvalue weighted by Crippen LogP contribution is -2.43. The van der Waals surface area contributed by atoms with Gasteiger partial charge in [0, 0.05) is 44.5 Å². The van der Waals surface area contributed by atoms with Gasteiger partial charge in [-0.2, -0.15) is 0 Å². The normalized spacial score (nSPS) is 15.6. The van der Waals surface area contributed by atoms with Crippen molar-refractivity contribution in [3.63, 3.8) is 0 Å². The number of benzene rings is 1. The summed E-state index contributed by atoms with van der Waals surface area (Å²) in [5.74, 6) is 0.860. The third-order valence-electron chi connectivity index (χ3n) is 4.81. The summed E-state index contributed by atoms with van der Waals surface area (Å²) >= 11 is 0. The molecule has 25 heavy (non-hydrogen) atoms. The van der Waals surface area contributed by atoms with Gasteiger partial charge in [-0.15, -0.1) is 0 Å². The molecule has 0 atom stereocenters. The van der Waals surface area contributed by atoms with E-state index in [1.807, 2.05) is 12.1 Å². The Morgan fingerprint density at radius 1 is 1.16 bits per heavy atom. The molecule has 2 aromatic heterocycles. The van der Waals surface area contributed by atoms with Crippen LogP contribution in [-0.2, 0) is 6.54 Å². The van der Waals surface area contributed by atoms with E-state index >= 15 is 0 Å². The van der Waals surface area contributed by atoms with E-state index in [1.165, 1.54) is 11.3 Å². The van der Waals surface area contributed by atoms with E-state index in [0.717, 1.165) is 55.4 Å². The Morgan fingerprint density at radius 2 is 2.00 bits per heavy atom. The third kappa shape index (κ3) is 3.25. The van der Waals surface area contributed by atoms with Crippen LogP contribution in [0, 0.1) is 6.92 Å². The van der Waals surface area contributed by atoms with Gasteiger partial charge in [0.25, 0.3) is 0 Å². The predicted molar refractivity (Wildman–Crippen MR) is 100 cm³/mol. The van der Waals surface area contributed by atoms with Crippen molar-refractivity contribution >= 4 is 5.65 Å². The van der Waals surface area contributed by atoms with Crippen LogP contribution in [0.5, 0.6) is 5.75 Å². The van der Waals surface area contributed by atoms with Gasteiger partial charge in [0.15, 0.2) is 0 Å². The van der Waals surface area contributed by atoms with E-state index in [9.17, 15) is 0 Å². The maximum absolute atomic E-state index is 5.41. The largest absolute Gasteiger partial charge is 0.497 e. The quantitative estimate of drug-likeness (QED) is 0.795. The predicted octanol–water partition coefficient (Wildman–Crippen LogP) is 2.72. The summed E-state index contributed by atoms with van der Waals surface area (Å²) in [5.41, 5.74) is 5.62. The number of ether oxygens (including phenoxy) is 1. The van der Waals surface area contributed by atoms with Crippen molar-refractivity contribution in [1.29, 1.82) is 0 Å². The molecule has 1 saturated heterocycles. The lowest BCUT2D eigenvalue weighted by atomic mass is 10.1. The number of aryl methyl sites for hydroxylation is 1. The second-order valence-corrected chi connectivity index (χ2v) is 6.60. The van der Waals surface area contributed by atoms with E-state index in [-0.39, 0.29) is 0 Å². The topological polar surface area (TPSA) is 41.8 Å². The number of nitrogens with one attached hydrogen (secondary N) is 1. The van der Waals surface area contributed by atoms with Gasteiger partial charge < -0.3 is 14.5 Å². The minimum absolute atomic E-state index is 0.860. The Balaban J connectivity index is 1.81. The van der Waals surface area contributed by atoms with E-state index in [1.54, 1.807) is 7.11 Å². The number of hydrogen-bond donors (Lipinski definition) is 1. The lowest BCUT2D eigenvalue weighted by molar-refractivity contribution is 0.230. The Hall–Kier alpha value is -2.37. The third-order valence-corrected chi connectivity index (χ3v) is 4.81. The molecule has 0 spiro atoms. The monoisotopic (exact) mass is 336 g/mol. The molecule has 0 radical (unpaired) electrons. The highest BCUT2D eigenvalue weighted by molar-refractivity contribution is 5.68. The van der Waals surface area contributed by atoms with Crippen LogP contribution in [-0.4, -0.2) is 47.6 Å². The van der Waals surface area contributed by atoms with Crippen molar-refractivity contribution < 1.29 is 4.74 Å². The summed E-state index contributed by atoms with van der Waals surface area (Å²) in [5, 5.41) is 3.42. The van der Waals surface area contributed by atoms with Gasteiger partial charge in [0.05, 0.1) is 18.5 Å². The highest BCUT2D eigenvalue weighted by Gasteiger charge is 2.18. The van der Waals surface area contributed by atoms with Gasteiger partial charge in [0.2, 0.25) is 0 Å². The molecular formula is C20H24N4O. The summed E-state index contributed by atoms with van der Waals surface area (Å²) in [7, 11) is 1.70. The SMILES string of the molecule is COc1cccc(-c2nc3cc(C)ccn3c2CN2CCNCC2)c1. The molecule has 0 aliphatic carbocycles. The maximum atomic E-state index is 5.41. The van der Waals surface area contributed by atoms with E-state index in [0.29, 0.717) is 0 Å². The lowest BCUT2D eigenvalue weighted by Gasteiger charge is -2.27. The van der Waals surface area contributed by atoms with E-state index in [2.05, 4.69) is 52.0 Å².